The average Bonchev–Trinajstić information content (AvgIpc) is 3.03. The smallest absolute Gasteiger partial charge is 0.387 e. The first-order valence-electron chi connectivity index (χ1n) is 7.92. The number of nitrogens with one attached hydrogen (secondary N) is 1. The molecule has 1 amide bonds. The standard InChI is InChI=1S/C19H12F2N2O4/c20-19(21)27-15-6-5-13(18(24)22-11-7-9-23(25)10-8-11)16-12-3-1-2-4-14(12)26-17(15)16/h1-10,19H,(H,22,24). The molecule has 0 atom stereocenters. The summed E-state index contributed by atoms with van der Waals surface area (Å²) in [5, 5.41) is 14.7. The van der Waals surface area contributed by atoms with E-state index in [9.17, 15) is 18.8 Å². The van der Waals surface area contributed by atoms with E-state index in [-0.39, 0.29) is 16.9 Å². The molecule has 0 saturated carbocycles. The van der Waals surface area contributed by atoms with Crippen LogP contribution in [0, 0.1) is 5.21 Å². The second-order valence-electron chi connectivity index (χ2n) is 5.69. The Kier molecular flexibility index (Phi) is 4.08. The zero-order valence-corrected chi connectivity index (χ0v) is 13.7. The van der Waals surface area contributed by atoms with Crippen molar-refractivity contribution in [3.63, 3.8) is 0 Å². The van der Waals surface area contributed by atoms with E-state index < -0.39 is 12.5 Å². The first kappa shape index (κ1) is 16.8. The van der Waals surface area contributed by atoms with Gasteiger partial charge in [-0.05, 0) is 18.2 Å². The Balaban J connectivity index is 1.84. The van der Waals surface area contributed by atoms with Crippen molar-refractivity contribution in [1.82, 2.24) is 0 Å². The number of amides is 1. The topological polar surface area (TPSA) is 78.4 Å². The molecule has 0 aliphatic heterocycles. The molecule has 4 rings (SSSR count). The Labute approximate surface area is 151 Å². The van der Waals surface area contributed by atoms with Crippen LogP contribution in [0.4, 0.5) is 14.5 Å². The second kappa shape index (κ2) is 6.56. The molecule has 2 heterocycles. The van der Waals surface area contributed by atoms with Gasteiger partial charge in [0.2, 0.25) is 0 Å². The highest BCUT2D eigenvalue weighted by molar-refractivity contribution is 6.20. The van der Waals surface area contributed by atoms with E-state index in [0.29, 0.717) is 26.8 Å². The quantitative estimate of drug-likeness (QED) is 0.434. The summed E-state index contributed by atoms with van der Waals surface area (Å²) in [5.74, 6) is -0.626. The van der Waals surface area contributed by atoms with Gasteiger partial charge in [-0.1, -0.05) is 18.2 Å². The van der Waals surface area contributed by atoms with Crippen LogP contribution in [-0.2, 0) is 0 Å². The number of anilines is 1. The van der Waals surface area contributed by atoms with E-state index in [0.717, 1.165) is 0 Å². The van der Waals surface area contributed by atoms with Gasteiger partial charge in [-0.25, -0.2) is 0 Å². The number of carbonyl (C=O) groups excluding carboxylic acids is 1. The number of furan rings is 1. The number of para-hydroxylation sites is 1. The zero-order valence-electron chi connectivity index (χ0n) is 13.7. The molecule has 0 spiro atoms. The fourth-order valence-corrected chi connectivity index (χ4v) is 2.88. The number of carbonyl (C=O) groups is 1. The van der Waals surface area contributed by atoms with Gasteiger partial charge in [-0.3, -0.25) is 4.79 Å². The highest BCUT2D eigenvalue weighted by Crippen LogP contribution is 2.37. The molecule has 2 aromatic heterocycles. The molecule has 2 aromatic carbocycles. The number of benzene rings is 2. The largest absolute Gasteiger partial charge is 0.619 e. The molecule has 0 bridgehead atoms. The van der Waals surface area contributed by atoms with E-state index in [1.807, 2.05) is 0 Å². The van der Waals surface area contributed by atoms with Crippen molar-refractivity contribution in [2.24, 2.45) is 0 Å². The Bertz CT molecular complexity index is 1140. The lowest BCUT2D eigenvalue weighted by Crippen LogP contribution is -2.24. The number of pyridine rings is 1. The predicted molar refractivity (Wildman–Crippen MR) is 93.7 cm³/mol. The molecule has 0 saturated heterocycles. The molecule has 0 radical (unpaired) electrons. The molecule has 4 aromatic rings. The number of nitrogens with zero attached hydrogens (tertiary/aromatic N) is 1. The van der Waals surface area contributed by atoms with Crippen LogP contribution in [0.1, 0.15) is 10.4 Å². The van der Waals surface area contributed by atoms with Crippen LogP contribution in [0.25, 0.3) is 21.9 Å². The Hall–Kier alpha value is -3.68. The van der Waals surface area contributed by atoms with Crippen molar-refractivity contribution >= 4 is 33.5 Å². The maximum absolute atomic E-state index is 12.8. The summed E-state index contributed by atoms with van der Waals surface area (Å²) in [6.07, 6.45) is 2.50. The number of alkyl halides is 2. The van der Waals surface area contributed by atoms with Crippen molar-refractivity contribution in [1.29, 1.82) is 0 Å². The van der Waals surface area contributed by atoms with Gasteiger partial charge in [0.1, 0.15) is 5.58 Å². The van der Waals surface area contributed by atoms with E-state index in [4.69, 9.17) is 4.42 Å². The first-order chi connectivity index (χ1) is 13.0. The molecule has 136 valence electrons. The summed E-state index contributed by atoms with van der Waals surface area (Å²) in [6, 6.07) is 12.5. The SMILES string of the molecule is O=C(Nc1cc[n+]([O-])cc1)c1ccc(OC(F)F)c2oc3ccccc3c12. The fourth-order valence-electron chi connectivity index (χ4n) is 2.88. The number of aromatic nitrogens is 1. The molecule has 8 heteroatoms. The molecular formula is C19H12F2N2O4. The number of halogens is 2. The zero-order chi connectivity index (χ0) is 19.0. The van der Waals surface area contributed by atoms with E-state index in [1.54, 1.807) is 24.3 Å². The number of ether oxygens (including phenoxy) is 1. The minimum Gasteiger partial charge on any atom is -0.619 e. The van der Waals surface area contributed by atoms with Gasteiger partial charge in [0.25, 0.3) is 5.91 Å². The summed E-state index contributed by atoms with van der Waals surface area (Å²) in [5.41, 5.74) is 1.16. The van der Waals surface area contributed by atoms with Crippen LogP contribution in [0.5, 0.6) is 5.75 Å². The van der Waals surface area contributed by atoms with E-state index in [1.165, 1.54) is 36.7 Å². The first-order valence-corrected chi connectivity index (χ1v) is 7.92. The Morgan fingerprint density at radius 1 is 1.11 bits per heavy atom. The summed E-state index contributed by atoms with van der Waals surface area (Å²) in [7, 11) is 0. The Morgan fingerprint density at radius 2 is 1.85 bits per heavy atom. The van der Waals surface area contributed by atoms with Crippen LogP contribution in [0.3, 0.4) is 0 Å². The summed E-state index contributed by atoms with van der Waals surface area (Å²) < 4.78 is 36.2. The van der Waals surface area contributed by atoms with Crippen molar-refractivity contribution in [3.05, 3.63) is 71.7 Å². The van der Waals surface area contributed by atoms with Crippen LogP contribution in [0.15, 0.2) is 65.3 Å². The lowest BCUT2D eigenvalue weighted by atomic mass is 10.0. The van der Waals surface area contributed by atoms with Crippen molar-refractivity contribution in [2.45, 2.75) is 6.61 Å². The van der Waals surface area contributed by atoms with Gasteiger partial charge in [-0.15, -0.1) is 0 Å². The van der Waals surface area contributed by atoms with E-state index in [2.05, 4.69) is 10.1 Å². The highest BCUT2D eigenvalue weighted by Gasteiger charge is 2.21. The maximum Gasteiger partial charge on any atom is 0.387 e. The molecule has 27 heavy (non-hydrogen) atoms. The van der Waals surface area contributed by atoms with Crippen molar-refractivity contribution in [3.8, 4) is 5.75 Å². The third-order valence-corrected chi connectivity index (χ3v) is 4.01. The molecule has 0 fully saturated rings. The molecule has 0 unspecified atom stereocenters. The minimum absolute atomic E-state index is 0.0645. The van der Waals surface area contributed by atoms with Gasteiger partial charge in [0.15, 0.2) is 23.7 Å². The normalized spacial score (nSPS) is 11.2. The third-order valence-electron chi connectivity index (χ3n) is 4.01. The van der Waals surface area contributed by atoms with Gasteiger partial charge < -0.3 is 19.7 Å². The lowest BCUT2D eigenvalue weighted by Gasteiger charge is -2.09. The third kappa shape index (κ3) is 3.12. The van der Waals surface area contributed by atoms with Gasteiger partial charge in [0, 0.05) is 22.9 Å². The van der Waals surface area contributed by atoms with Crippen LogP contribution >= 0.6 is 0 Å². The summed E-state index contributed by atoms with van der Waals surface area (Å²) in [4.78, 5) is 12.8. The van der Waals surface area contributed by atoms with E-state index >= 15 is 0 Å². The lowest BCUT2D eigenvalue weighted by molar-refractivity contribution is -0.605. The van der Waals surface area contributed by atoms with Gasteiger partial charge in [0.05, 0.1) is 11.3 Å². The number of hydrogen-bond acceptors (Lipinski definition) is 4. The maximum atomic E-state index is 12.8. The number of rotatable bonds is 4. The molecule has 6 nitrogen and oxygen atoms in total. The van der Waals surface area contributed by atoms with Crippen molar-refractivity contribution < 1.29 is 27.5 Å². The monoisotopic (exact) mass is 370 g/mol. The highest BCUT2D eigenvalue weighted by atomic mass is 19.3. The predicted octanol–water partition coefficient (Wildman–Crippen LogP) is 4.07. The van der Waals surface area contributed by atoms with Crippen molar-refractivity contribution in [2.75, 3.05) is 5.32 Å². The van der Waals surface area contributed by atoms with Gasteiger partial charge >= 0.3 is 6.61 Å². The van der Waals surface area contributed by atoms with Crippen LogP contribution in [0.2, 0.25) is 0 Å². The number of fused-ring (bicyclic) bond motifs is 3. The number of hydrogen-bond donors (Lipinski definition) is 1. The second-order valence-corrected chi connectivity index (χ2v) is 5.69. The molecular weight excluding hydrogens is 358 g/mol. The Morgan fingerprint density at radius 3 is 2.59 bits per heavy atom. The van der Waals surface area contributed by atoms with Crippen LogP contribution < -0.4 is 14.8 Å². The molecule has 1 N–H and O–H groups in total. The average molecular weight is 370 g/mol. The molecule has 0 aliphatic carbocycles. The fraction of sp³-hybridized carbons (Fsp3) is 0.0526. The summed E-state index contributed by atoms with van der Waals surface area (Å²) >= 11 is 0. The van der Waals surface area contributed by atoms with Crippen LogP contribution in [-0.4, -0.2) is 12.5 Å². The molecule has 0 aliphatic rings. The summed E-state index contributed by atoms with van der Waals surface area (Å²) in [6.45, 7) is -3.02. The van der Waals surface area contributed by atoms with Gasteiger partial charge in [-0.2, -0.15) is 13.5 Å². The minimum atomic E-state index is -3.02.